The highest BCUT2D eigenvalue weighted by Gasteiger charge is 2.04. The van der Waals surface area contributed by atoms with Crippen LogP contribution in [0.2, 0.25) is 4.34 Å². The van der Waals surface area contributed by atoms with Crippen LogP contribution in [-0.4, -0.2) is 5.16 Å². The van der Waals surface area contributed by atoms with Gasteiger partial charge in [-0.2, -0.15) is 0 Å². The van der Waals surface area contributed by atoms with Crippen LogP contribution in [0.15, 0.2) is 26.6 Å². The van der Waals surface area contributed by atoms with Gasteiger partial charge in [-0.3, -0.25) is 0 Å². The lowest BCUT2D eigenvalue weighted by molar-refractivity contribution is 0.384. The van der Waals surface area contributed by atoms with E-state index in [1.165, 1.54) is 11.3 Å². The highest BCUT2D eigenvalue weighted by atomic mass is 79.9. The average Bonchev–Trinajstić information content (AvgIpc) is 2.72. The van der Waals surface area contributed by atoms with Gasteiger partial charge in [-0.1, -0.05) is 16.8 Å². The van der Waals surface area contributed by atoms with Crippen molar-refractivity contribution in [3.8, 4) is 0 Å². The van der Waals surface area contributed by atoms with Gasteiger partial charge < -0.3 is 9.84 Å². The van der Waals surface area contributed by atoms with Gasteiger partial charge in [0.1, 0.15) is 8.94 Å². The lowest BCUT2D eigenvalue weighted by Gasteiger charge is -2.00. The molecule has 3 nitrogen and oxygen atoms in total. The van der Waals surface area contributed by atoms with E-state index in [0.29, 0.717) is 11.1 Å². The Labute approximate surface area is 98.2 Å². The second kappa shape index (κ2) is 4.33. The van der Waals surface area contributed by atoms with Crippen LogP contribution < -0.4 is 5.32 Å². The number of aromatic nitrogens is 1. The fraction of sp³-hybridized carbons (Fsp3) is 0.125. The largest absolute Gasteiger partial charge is 0.376 e. The van der Waals surface area contributed by atoms with Gasteiger partial charge in [0.2, 0.25) is 0 Å². The molecule has 6 heteroatoms. The van der Waals surface area contributed by atoms with Crippen LogP contribution in [0.5, 0.6) is 0 Å². The molecular weight excluding hydrogens is 288 g/mol. The number of hydrogen-bond donors (Lipinski definition) is 1. The summed E-state index contributed by atoms with van der Waals surface area (Å²) in [5, 5.41) is 8.79. The Kier molecular flexibility index (Phi) is 3.10. The van der Waals surface area contributed by atoms with Gasteiger partial charge in [0.25, 0.3) is 0 Å². The third-order valence-electron chi connectivity index (χ3n) is 1.60. The van der Waals surface area contributed by atoms with Gasteiger partial charge >= 0.3 is 0 Å². The molecule has 0 saturated carbocycles. The SMILES string of the molecule is Clc1sccc1NCc1cc(Br)no1. The lowest BCUT2D eigenvalue weighted by Crippen LogP contribution is -1.96. The van der Waals surface area contributed by atoms with Crippen LogP contribution >= 0.6 is 38.9 Å². The van der Waals surface area contributed by atoms with Crippen molar-refractivity contribution < 1.29 is 4.52 Å². The van der Waals surface area contributed by atoms with E-state index in [1.54, 1.807) is 0 Å². The predicted molar refractivity (Wildman–Crippen MR) is 60.9 cm³/mol. The molecule has 0 saturated heterocycles. The first-order valence-electron chi connectivity index (χ1n) is 3.83. The van der Waals surface area contributed by atoms with E-state index in [2.05, 4.69) is 26.4 Å². The fourth-order valence-electron chi connectivity index (χ4n) is 0.973. The molecule has 74 valence electrons. The summed E-state index contributed by atoms with van der Waals surface area (Å²) in [6, 6.07) is 3.74. The Morgan fingerprint density at radius 1 is 1.64 bits per heavy atom. The molecule has 0 radical (unpaired) electrons. The van der Waals surface area contributed by atoms with E-state index in [-0.39, 0.29) is 0 Å². The molecule has 0 fully saturated rings. The summed E-state index contributed by atoms with van der Waals surface area (Å²) in [6.45, 7) is 0.578. The third-order valence-corrected chi connectivity index (χ3v) is 3.14. The Morgan fingerprint density at radius 3 is 3.07 bits per heavy atom. The molecule has 0 bridgehead atoms. The van der Waals surface area contributed by atoms with Crippen LogP contribution in [0.3, 0.4) is 0 Å². The van der Waals surface area contributed by atoms with Crippen molar-refractivity contribution >= 4 is 44.6 Å². The molecule has 0 spiro atoms. The normalized spacial score (nSPS) is 10.4. The summed E-state index contributed by atoms with van der Waals surface area (Å²) in [5.74, 6) is 0.763. The molecule has 0 aliphatic rings. The highest BCUT2D eigenvalue weighted by molar-refractivity contribution is 9.10. The Bertz CT molecular complexity index is 428. The van der Waals surface area contributed by atoms with Gasteiger partial charge in [0.05, 0.1) is 12.2 Å². The first-order valence-corrected chi connectivity index (χ1v) is 5.89. The smallest absolute Gasteiger partial charge is 0.156 e. The highest BCUT2D eigenvalue weighted by Crippen LogP contribution is 2.28. The first kappa shape index (κ1) is 10.0. The van der Waals surface area contributed by atoms with E-state index < -0.39 is 0 Å². The zero-order chi connectivity index (χ0) is 9.97. The monoisotopic (exact) mass is 292 g/mol. The number of anilines is 1. The Morgan fingerprint density at radius 2 is 2.50 bits per heavy atom. The minimum absolute atomic E-state index is 0.578. The minimum Gasteiger partial charge on any atom is -0.376 e. The quantitative estimate of drug-likeness (QED) is 0.936. The van der Waals surface area contributed by atoms with E-state index in [0.717, 1.165) is 15.8 Å². The summed E-state index contributed by atoms with van der Waals surface area (Å²) in [4.78, 5) is 0. The molecule has 0 aliphatic heterocycles. The van der Waals surface area contributed by atoms with Crippen LogP contribution in [0, 0.1) is 0 Å². The summed E-state index contributed by atoms with van der Waals surface area (Å²) in [5.41, 5.74) is 0.921. The molecule has 2 aromatic rings. The zero-order valence-corrected chi connectivity index (χ0v) is 10.1. The number of rotatable bonds is 3. The van der Waals surface area contributed by atoms with Crippen molar-refractivity contribution in [1.82, 2.24) is 5.16 Å². The zero-order valence-electron chi connectivity index (χ0n) is 6.96. The van der Waals surface area contributed by atoms with Gasteiger partial charge in [0, 0.05) is 6.07 Å². The van der Waals surface area contributed by atoms with Gasteiger partial charge in [-0.15, -0.1) is 11.3 Å². The summed E-state index contributed by atoms with van der Waals surface area (Å²) in [6.07, 6.45) is 0. The Hall–Kier alpha value is -0.520. The van der Waals surface area contributed by atoms with Crippen molar-refractivity contribution in [1.29, 1.82) is 0 Å². The third kappa shape index (κ3) is 2.29. The molecule has 0 unspecified atom stereocenters. The van der Waals surface area contributed by atoms with Gasteiger partial charge in [-0.05, 0) is 27.4 Å². The summed E-state index contributed by atoms with van der Waals surface area (Å²) >= 11 is 10.6. The van der Waals surface area contributed by atoms with Crippen molar-refractivity contribution in [2.24, 2.45) is 0 Å². The first-order chi connectivity index (χ1) is 6.75. The topological polar surface area (TPSA) is 38.1 Å². The van der Waals surface area contributed by atoms with Crippen molar-refractivity contribution in [3.63, 3.8) is 0 Å². The summed E-state index contributed by atoms with van der Waals surface area (Å²) in [7, 11) is 0. The number of thiophene rings is 1. The van der Waals surface area contributed by atoms with E-state index in [9.17, 15) is 0 Å². The van der Waals surface area contributed by atoms with Gasteiger partial charge in [-0.25, -0.2) is 0 Å². The van der Waals surface area contributed by atoms with Crippen LogP contribution in [-0.2, 0) is 6.54 Å². The second-order valence-electron chi connectivity index (χ2n) is 2.58. The van der Waals surface area contributed by atoms with Crippen LogP contribution in [0.25, 0.3) is 0 Å². The Balaban J connectivity index is 1.98. The molecule has 14 heavy (non-hydrogen) atoms. The van der Waals surface area contributed by atoms with E-state index in [4.69, 9.17) is 16.1 Å². The number of nitrogens with one attached hydrogen (secondary N) is 1. The maximum absolute atomic E-state index is 5.91. The molecule has 2 heterocycles. The molecule has 2 aromatic heterocycles. The van der Waals surface area contributed by atoms with Crippen LogP contribution in [0.4, 0.5) is 5.69 Å². The molecular formula is C8H6BrClN2OS. The molecule has 0 aliphatic carbocycles. The van der Waals surface area contributed by atoms with Gasteiger partial charge in [0.15, 0.2) is 5.76 Å². The number of nitrogens with zero attached hydrogens (tertiary/aromatic N) is 1. The predicted octanol–water partition coefficient (Wildman–Crippen LogP) is 3.76. The molecule has 1 N–H and O–H groups in total. The van der Waals surface area contributed by atoms with Crippen molar-refractivity contribution in [2.45, 2.75) is 6.54 Å². The molecule has 2 rings (SSSR count). The van der Waals surface area contributed by atoms with E-state index >= 15 is 0 Å². The number of halogens is 2. The summed E-state index contributed by atoms with van der Waals surface area (Å²) < 4.78 is 6.46. The maximum Gasteiger partial charge on any atom is 0.156 e. The number of hydrogen-bond acceptors (Lipinski definition) is 4. The molecule has 0 aromatic carbocycles. The second-order valence-corrected chi connectivity index (χ2v) is 4.91. The maximum atomic E-state index is 5.91. The lowest BCUT2D eigenvalue weighted by atomic mass is 10.4. The standard InChI is InChI=1S/C8H6BrClN2OS/c9-7-3-5(13-12-7)4-11-6-1-2-14-8(6)10/h1-3,11H,4H2. The molecule has 0 amide bonds. The van der Waals surface area contributed by atoms with Crippen molar-refractivity contribution in [3.05, 3.63) is 32.2 Å². The fourth-order valence-corrected chi connectivity index (χ4v) is 2.18. The van der Waals surface area contributed by atoms with Crippen molar-refractivity contribution in [2.75, 3.05) is 5.32 Å². The van der Waals surface area contributed by atoms with E-state index in [1.807, 2.05) is 17.5 Å². The molecule has 0 atom stereocenters. The average molecular weight is 294 g/mol. The van der Waals surface area contributed by atoms with Crippen LogP contribution in [0.1, 0.15) is 5.76 Å². The minimum atomic E-state index is 0.578.